The Kier molecular flexibility index (Phi) is 5.85. The summed E-state index contributed by atoms with van der Waals surface area (Å²) in [5, 5.41) is 0. The third kappa shape index (κ3) is 3.80. The lowest BCUT2D eigenvalue weighted by atomic mass is 10.5. The average Bonchev–Trinajstić information content (AvgIpc) is 2.49. The first-order chi connectivity index (χ1) is 9.27. The van der Waals surface area contributed by atoms with Crippen molar-refractivity contribution in [2.75, 3.05) is 59.2 Å². The highest BCUT2D eigenvalue weighted by atomic mass is 31.2. The molecule has 0 N–H and O–H groups in total. The van der Waals surface area contributed by atoms with Crippen LogP contribution in [0, 0.1) is 0 Å². The van der Waals surface area contributed by atoms with Crippen LogP contribution in [0.4, 0.5) is 0 Å². The molecule has 0 aromatic carbocycles. The van der Waals surface area contributed by atoms with Gasteiger partial charge in [0.2, 0.25) is 7.44 Å². The fraction of sp³-hybridized carbons (Fsp3) is 0.833. The van der Waals surface area contributed by atoms with Crippen molar-refractivity contribution >= 4 is 7.44 Å². The van der Waals surface area contributed by atoms with Gasteiger partial charge in [0.15, 0.2) is 0 Å². The van der Waals surface area contributed by atoms with E-state index in [1.165, 1.54) is 0 Å². The molecular weight excluding hydrogens is 267 g/mol. The molecule has 0 saturated carbocycles. The lowest BCUT2D eigenvalue weighted by molar-refractivity contribution is 0.0535. The van der Waals surface area contributed by atoms with Crippen LogP contribution in [0.15, 0.2) is 12.1 Å². The van der Waals surface area contributed by atoms with Crippen LogP contribution in [0.1, 0.15) is 6.92 Å². The Morgan fingerprint density at radius 2 is 1.53 bits per heavy atom. The van der Waals surface area contributed by atoms with Gasteiger partial charge in [-0.1, -0.05) is 0 Å². The zero-order chi connectivity index (χ0) is 13.6. The monoisotopic (exact) mass is 290 g/mol. The van der Waals surface area contributed by atoms with Gasteiger partial charge in [0.1, 0.15) is 0 Å². The quantitative estimate of drug-likeness (QED) is 0.563. The van der Waals surface area contributed by atoms with Crippen molar-refractivity contribution in [3.63, 3.8) is 0 Å². The maximum absolute atomic E-state index is 13.4. The van der Waals surface area contributed by atoms with Crippen molar-refractivity contribution in [3.05, 3.63) is 12.1 Å². The number of ether oxygens (including phenoxy) is 3. The predicted octanol–water partition coefficient (Wildman–Crippen LogP) is 1.35. The summed E-state index contributed by atoms with van der Waals surface area (Å²) < 4.78 is 33.4. The molecule has 2 heterocycles. The van der Waals surface area contributed by atoms with Gasteiger partial charge in [-0.05, 0) is 6.92 Å². The van der Waals surface area contributed by atoms with Crippen LogP contribution < -0.4 is 0 Å². The van der Waals surface area contributed by atoms with Crippen LogP contribution in [-0.4, -0.2) is 68.6 Å². The van der Waals surface area contributed by atoms with Gasteiger partial charge < -0.3 is 14.2 Å². The van der Waals surface area contributed by atoms with Gasteiger partial charge in [-0.3, -0.25) is 4.57 Å². The maximum Gasteiger partial charge on any atom is 0.242 e. The van der Waals surface area contributed by atoms with E-state index >= 15 is 0 Å². The van der Waals surface area contributed by atoms with Crippen LogP contribution in [0.2, 0.25) is 0 Å². The first-order valence-electron chi connectivity index (χ1n) is 6.83. The van der Waals surface area contributed by atoms with Crippen LogP contribution >= 0.6 is 7.44 Å². The first-order valence-corrected chi connectivity index (χ1v) is 8.51. The third-order valence-electron chi connectivity index (χ3n) is 3.30. The third-order valence-corrected chi connectivity index (χ3v) is 6.23. The Balaban J connectivity index is 2.12. The van der Waals surface area contributed by atoms with Crippen molar-refractivity contribution in [1.82, 2.24) is 9.34 Å². The molecule has 0 aliphatic carbocycles. The fourth-order valence-corrected chi connectivity index (χ4v) is 4.72. The van der Waals surface area contributed by atoms with Gasteiger partial charge in [0.05, 0.1) is 39.3 Å². The summed E-state index contributed by atoms with van der Waals surface area (Å²) in [7, 11) is -2.70. The molecule has 0 unspecified atom stereocenters. The summed E-state index contributed by atoms with van der Waals surface area (Å²) in [6.45, 7) is 7.84. The molecule has 0 bridgehead atoms. The molecule has 2 aliphatic heterocycles. The van der Waals surface area contributed by atoms with Crippen LogP contribution in [0.3, 0.4) is 0 Å². The second-order valence-electron chi connectivity index (χ2n) is 4.46. The second kappa shape index (κ2) is 7.41. The van der Waals surface area contributed by atoms with Crippen LogP contribution in [-0.2, 0) is 18.8 Å². The summed E-state index contributed by atoms with van der Waals surface area (Å²) in [5.41, 5.74) is 0. The number of rotatable bonds is 5. The minimum absolute atomic E-state index is 0.586. The maximum atomic E-state index is 13.4. The van der Waals surface area contributed by atoms with Crippen LogP contribution in [0.25, 0.3) is 0 Å². The molecule has 7 heteroatoms. The van der Waals surface area contributed by atoms with Gasteiger partial charge in [0, 0.05) is 32.0 Å². The van der Waals surface area contributed by atoms with Crippen molar-refractivity contribution in [1.29, 1.82) is 0 Å². The zero-order valence-corrected chi connectivity index (χ0v) is 12.4. The Morgan fingerprint density at radius 3 is 1.95 bits per heavy atom. The zero-order valence-electron chi connectivity index (χ0n) is 11.5. The van der Waals surface area contributed by atoms with E-state index in [0.29, 0.717) is 59.2 Å². The highest BCUT2D eigenvalue weighted by molar-refractivity contribution is 7.62. The van der Waals surface area contributed by atoms with E-state index < -0.39 is 7.44 Å². The van der Waals surface area contributed by atoms with Crippen molar-refractivity contribution < 1.29 is 18.8 Å². The molecule has 110 valence electrons. The molecular formula is C12H23N2O4P. The molecule has 2 saturated heterocycles. The van der Waals surface area contributed by atoms with E-state index in [2.05, 4.69) is 0 Å². The smallest absolute Gasteiger partial charge is 0.242 e. The summed E-state index contributed by atoms with van der Waals surface area (Å²) in [5.74, 6) is 1.73. The van der Waals surface area contributed by atoms with Crippen LogP contribution in [0.5, 0.6) is 0 Å². The minimum Gasteiger partial charge on any atom is -0.501 e. The SMILES string of the molecule is CCOC=CP(=O)(N1CCOCC1)N1CCOCC1. The summed E-state index contributed by atoms with van der Waals surface area (Å²) in [4.78, 5) is 0. The summed E-state index contributed by atoms with van der Waals surface area (Å²) >= 11 is 0. The minimum atomic E-state index is -2.70. The number of hydrogen-bond acceptors (Lipinski definition) is 4. The molecule has 0 amide bonds. The Labute approximate surface area is 114 Å². The molecule has 0 aromatic rings. The van der Waals surface area contributed by atoms with Gasteiger partial charge in [-0.15, -0.1) is 0 Å². The number of hydrogen-bond donors (Lipinski definition) is 0. The highest BCUT2D eigenvalue weighted by Gasteiger charge is 2.36. The molecule has 19 heavy (non-hydrogen) atoms. The molecule has 6 nitrogen and oxygen atoms in total. The molecule has 0 atom stereocenters. The Bertz CT molecular complexity index is 317. The highest BCUT2D eigenvalue weighted by Crippen LogP contribution is 2.55. The van der Waals surface area contributed by atoms with E-state index in [9.17, 15) is 4.57 Å². The molecule has 0 aromatic heterocycles. The lowest BCUT2D eigenvalue weighted by Crippen LogP contribution is -2.42. The second-order valence-corrected chi connectivity index (χ2v) is 7.07. The van der Waals surface area contributed by atoms with Crippen molar-refractivity contribution in [3.8, 4) is 0 Å². The molecule has 0 radical (unpaired) electrons. The fourth-order valence-electron chi connectivity index (χ4n) is 2.27. The Morgan fingerprint density at radius 1 is 1.05 bits per heavy atom. The number of nitrogens with zero attached hydrogens (tertiary/aromatic N) is 2. The molecule has 2 fully saturated rings. The lowest BCUT2D eigenvalue weighted by Gasteiger charge is -2.40. The van der Waals surface area contributed by atoms with E-state index in [1.54, 1.807) is 12.1 Å². The van der Waals surface area contributed by atoms with Gasteiger partial charge in [0.25, 0.3) is 0 Å². The molecule has 2 aliphatic rings. The number of morpholine rings is 2. The summed E-state index contributed by atoms with van der Waals surface area (Å²) in [6.07, 6.45) is 1.58. The van der Waals surface area contributed by atoms with Crippen molar-refractivity contribution in [2.45, 2.75) is 6.92 Å². The summed E-state index contributed by atoms with van der Waals surface area (Å²) in [6, 6.07) is 0. The van der Waals surface area contributed by atoms with Gasteiger partial charge in [-0.25, -0.2) is 9.34 Å². The largest absolute Gasteiger partial charge is 0.501 e. The van der Waals surface area contributed by atoms with E-state index in [0.717, 1.165) is 0 Å². The predicted molar refractivity (Wildman–Crippen MR) is 73.2 cm³/mol. The van der Waals surface area contributed by atoms with E-state index in [4.69, 9.17) is 14.2 Å². The van der Waals surface area contributed by atoms with Crippen molar-refractivity contribution in [2.24, 2.45) is 0 Å². The van der Waals surface area contributed by atoms with E-state index in [-0.39, 0.29) is 0 Å². The molecule has 0 spiro atoms. The molecule has 2 rings (SSSR count). The van der Waals surface area contributed by atoms with E-state index in [1.807, 2.05) is 16.3 Å². The average molecular weight is 290 g/mol. The van der Waals surface area contributed by atoms with Gasteiger partial charge >= 0.3 is 0 Å². The topological polar surface area (TPSA) is 51.2 Å². The first kappa shape index (κ1) is 15.0. The normalized spacial score (nSPS) is 23.8. The Hall–Kier alpha value is -0.390. The van der Waals surface area contributed by atoms with Gasteiger partial charge in [-0.2, -0.15) is 0 Å². The standard InChI is InChI=1S/C12H23N2O4P/c1-2-16-11-12-19(15,13-3-7-17-8-4-13)14-5-9-18-10-6-14/h11-12H,2-10H2,1H3.